The quantitative estimate of drug-likeness (QED) is 0.559. The van der Waals surface area contributed by atoms with Crippen molar-refractivity contribution in [2.24, 2.45) is 5.10 Å². The molecule has 0 atom stereocenters. The highest BCUT2D eigenvalue weighted by molar-refractivity contribution is 6.07. The molecule has 0 bridgehead atoms. The van der Waals surface area contributed by atoms with Crippen LogP contribution in [0.1, 0.15) is 34.0 Å². The lowest BCUT2D eigenvalue weighted by Crippen LogP contribution is -2.19. The van der Waals surface area contributed by atoms with Crippen LogP contribution in [-0.4, -0.2) is 16.6 Å². The number of para-hydroxylation sites is 1. The predicted octanol–water partition coefficient (Wildman–Crippen LogP) is 3.94. The van der Waals surface area contributed by atoms with E-state index < -0.39 is 0 Å². The van der Waals surface area contributed by atoms with Gasteiger partial charge in [-0.3, -0.25) is 4.79 Å². The number of H-pyrrole nitrogens is 1. The third kappa shape index (κ3) is 3.01. The van der Waals surface area contributed by atoms with E-state index in [1.807, 2.05) is 37.3 Å². The molecule has 0 saturated carbocycles. The molecule has 0 radical (unpaired) electrons. The van der Waals surface area contributed by atoms with Gasteiger partial charge in [0.05, 0.1) is 11.3 Å². The van der Waals surface area contributed by atoms with Gasteiger partial charge in [0, 0.05) is 17.1 Å². The van der Waals surface area contributed by atoms with E-state index in [0.717, 1.165) is 22.2 Å². The van der Waals surface area contributed by atoms with E-state index in [0.29, 0.717) is 5.56 Å². The zero-order valence-electron chi connectivity index (χ0n) is 13.5. The molecular weight excluding hydrogens is 286 g/mol. The van der Waals surface area contributed by atoms with Gasteiger partial charge in [-0.25, -0.2) is 5.43 Å². The summed E-state index contributed by atoms with van der Waals surface area (Å²) < 4.78 is 0. The zero-order chi connectivity index (χ0) is 16.4. The van der Waals surface area contributed by atoms with Crippen LogP contribution in [0, 0.1) is 13.8 Å². The molecule has 3 rings (SSSR count). The highest BCUT2D eigenvalue weighted by Gasteiger charge is 2.11. The average Bonchev–Trinajstić information content (AvgIpc) is 2.99. The Labute approximate surface area is 135 Å². The lowest BCUT2D eigenvalue weighted by Gasteiger charge is -2.05. The Morgan fingerprint density at radius 3 is 2.65 bits per heavy atom. The van der Waals surface area contributed by atoms with Gasteiger partial charge >= 0.3 is 0 Å². The van der Waals surface area contributed by atoms with E-state index in [2.05, 4.69) is 41.5 Å². The highest BCUT2D eigenvalue weighted by atomic mass is 16.2. The first-order valence-corrected chi connectivity index (χ1v) is 7.54. The number of nitrogens with one attached hydrogen (secondary N) is 2. The van der Waals surface area contributed by atoms with Crippen LogP contribution in [0.3, 0.4) is 0 Å². The smallest absolute Gasteiger partial charge is 0.273 e. The summed E-state index contributed by atoms with van der Waals surface area (Å²) in [5, 5.41) is 5.12. The van der Waals surface area contributed by atoms with Crippen LogP contribution in [0.2, 0.25) is 0 Å². The SMILES string of the molecule is C/C(=N\NC(=O)c1c[nH]c2ccccc12)c1ccc(C)c(C)c1. The minimum absolute atomic E-state index is 0.217. The van der Waals surface area contributed by atoms with Gasteiger partial charge in [-0.05, 0) is 49.6 Å². The molecule has 116 valence electrons. The summed E-state index contributed by atoms with van der Waals surface area (Å²) in [5.41, 5.74) is 8.40. The van der Waals surface area contributed by atoms with Crippen LogP contribution in [-0.2, 0) is 0 Å². The summed E-state index contributed by atoms with van der Waals surface area (Å²) in [6.45, 7) is 6.03. The molecule has 2 aromatic carbocycles. The van der Waals surface area contributed by atoms with Gasteiger partial charge in [-0.2, -0.15) is 5.10 Å². The van der Waals surface area contributed by atoms with E-state index in [9.17, 15) is 4.79 Å². The fourth-order valence-corrected chi connectivity index (χ4v) is 2.49. The number of aromatic nitrogens is 1. The number of fused-ring (bicyclic) bond motifs is 1. The number of benzene rings is 2. The molecule has 0 aliphatic carbocycles. The topological polar surface area (TPSA) is 57.2 Å². The summed E-state index contributed by atoms with van der Waals surface area (Å²) in [5.74, 6) is -0.217. The third-order valence-corrected chi connectivity index (χ3v) is 4.08. The second-order valence-corrected chi connectivity index (χ2v) is 5.69. The van der Waals surface area contributed by atoms with E-state index in [4.69, 9.17) is 0 Å². The number of aryl methyl sites for hydroxylation is 2. The van der Waals surface area contributed by atoms with Crippen LogP contribution in [0.4, 0.5) is 0 Å². The standard InChI is InChI=1S/C19H19N3O/c1-12-8-9-15(10-13(12)2)14(3)21-22-19(23)17-11-20-18-7-5-4-6-16(17)18/h4-11,20H,1-3H3,(H,22,23)/b21-14+. The number of aromatic amines is 1. The number of hydrogen-bond acceptors (Lipinski definition) is 2. The van der Waals surface area contributed by atoms with Crippen molar-refractivity contribution in [3.05, 3.63) is 70.9 Å². The van der Waals surface area contributed by atoms with E-state index in [-0.39, 0.29) is 5.91 Å². The minimum atomic E-state index is -0.217. The summed E-state index contributed by atoms with van der Waals surface area (Å²) >= 11 is 0. The number of hydrazone groups is 1. The molecule has 3 aromatic rings. The molecular formula is C19H19N3O. The second-order valence-electron chi connectivity index (χ2n) is 5.69. The molecule has 2 N–H and O–H groups in total. The van der Waals surface area contributed by atoms with Crippen molar-refractivity contribution in [2.75, 3.05) is 0 Å². The largest absolute Gasteiger partial charge is 0.360 e. The Morgan fingerprint density at radius 1 is 1.09 bits per heavy atom. The summed E-state index contributed by atoms with van der Waals surface area (Å²) in [4.78, 5) is 15.4. The van der Waals surface area contributed by atoms with Crippen molar-refractivity contribution in [2.45, 2.75) is 20.8 Å². The Kier molecular flexibility index (Phi) is 3.98. The molecule has 1 aromatic heterocycles. The number of hydrogen-bond donors (Lipinski definition) is 2. The number of rotatable bonds is 3. The van der Waals surface area contributed by atoms with Crippen LogP contribution >= 0.6 is 0 Å². The predicted molar refractivity (Wildman–Crippen MR) is 93.9 cm³/mol. The first-order chi connectivity index (χ1) is 11.1. The Bertz CT molecular complexity index is 906. The van der Waals surface area contributed by atoms with Crippen molar-refractivity contribution in [3.63, 3.8) is 0 Å². The average molecular weight is 305 g/mol. The van der Waals surface area contributed by atoms with Gasteiger partial charge in [0.1, 0.15) is 0 Å². The lowest BCUT2D eigenvalue weighted by atomic mass is 10.0. The fraction of sp³-hybridized carbons (Fsp3) is 0.158. The fourth-order valence-electron chi connectivity index (χ4n) is 2.49. The van der Waals surface area contributed by atoms with Crippen LogP contribution < -0.4 is 5.43 Å². The molecule has 1 heterocycles. The van der Waals surface area contributed by atoms with E-state index in [1.165, 1.54) is 11.1 Å². The number of carbonyl (C=O) groups is 1. The number of nitrogens with zero attached hydrogens (tertiary/aromatic N) is 1. The van der Waals surface area contributed by atoms with Crippen molar-refractivity contribution in [1.29, 1.82) is 0 Å². The molecule has 0 saturated heterocycles. The van der Waals surface area contributed by atoms with Gasteiger partial charge in [0.25, 0.3) is 5.91 Å². The molecule has 0 spiro atoms. The van der Waals surface area contributed by atoms with Crippen LogP contribution in [0.5, 0.6) is 0 Å². The Hall–Kier alpha value is -2.88. The molecule has 0 aliphatic heterocycles. The molecule has 0 aliphatic rings. The van der Waals surface area contributed by atoms with Crippen molar-refractivity contribution >= 4 is 22.5 Å². The van der Waals surface area contributed by atoms with Crippen LogP contribution in [0.25, 0.3) is 10.9 Å². The first-order valence-electron chi connectivity index (χ1n) is 7.54. The molecule has 4 nitrogen and oxygen atoms in total. The van der Waals surface area contributed by atoms with Gasteiger partial charge in [0.15, 0.2) is 0 Å². The maximum Gasteiger partial charge on any atom is 0.273 e. The first kappa shape index (κ1) is 15.0. The van der Waals surface area contributed by atoms with Gasteiger partial charge in [-0.15, -0.1) is 0 Å². The monoisotopic (exact) mass is 305 g/mol. The molecule has 1 amide bonds. The molecule has 0 fully saturated rings. The van der Waals surface area contributed by atoms with Crippen LogP contribution in [0.15, 0.2) is 53.8 Å². The number of amides is 1. The maximum absolute atomic E-state index is 12.3. The highest BCUT2D eigenvalue weighted by Crippen LogP contribution is 2.17. The van der Waals surface area contributed by atoms with E-state index >= 15 is 0 Å². The van der Waals surface area contributed by atoms with Crippen molar-refractivity contribution < 1.29 is 4.79 Å². The second kappa shape index (κ2) is 6.08. The zero-order valence-corrected chi connectivity index (χ0v) is 13.5. The maximum atomic E-state index is 12.3. The van der Waals surface area contributed by atoms with Crippen molar-refractivity contribution in [1.82, 2.24) is 10.4 Å². The van der Waals surface area contributed by atoms with E-state index in [1.54, 1.807) is 6.20 Å². The third-order valence-electron chi connectivity index (χ3n) is 4.08. The minimum Gasteiger partial charge on any atom is -0.360 e. The molecule has 0 unspecified atom stereocenters. The molecule has 4 heteroatoms. The summed E-state index contributed by atoms with van der Waals surface area (Å²) in [6.07, 6.45) is 1.71. The van der Waals surface area contributed by atoms with Crippen molar-refractivity contribution in [3.8, 4) is 0 Å². The summed E-state index contributed by atoms with van der Waals surface area (Å²) in [7, 11) is 0. The lowest BCUT2D eigenvalue weighted by molar-refractivity contribution is 0.0956. The van der Waals surface area contributed by atoms with Gasteiger partial charge in [-0.1, -0.05) is 30.3 Å². The van der Waals surface area contributed by atoms with Gasteiger partial charge in [0.2, 0.25) is 0 Å². The van der Waals surface area contributed by atoms with Gasteiger partial charge < -0.3 is 4.98 Å². The number of carbonyl (C=O) groups excluding carboxylic acids is 1. The normalized spacial score (nSPS) is 11.7. The summed E-state index contributed by atoms with van der Waals surface area (Å²) in [6, 6.07) is 13.9. The molecule has 23 heavy (non-hydrogen) atoms. The Balaban J connectivity index is 1.81. The Morgan fingerprint density at radius 2 is 1.87 bits per heavy atom.